The highest BCUT2D eigenvalue weighted by Crippen LogP contribution is 2.30. The van der Waals surface area contributed by atoms with Gasteiger partial charge in [-0.05, 0) is 18.2 Å². The van der Waals surface area contributed by atoms with Crippen LogP contribution in [-0.4, -0.2) is 4.98 Å². The Kier molecular flexibility index (Phi) is 3.81. The monoisotopic (exact) mass is 258 g/mol. The number of rotatable bonds is 3. The number of hydrogen-bond acceptors (Lipinski definition) is 3. The van der Waals surface area contributed by atoms with Crippen molar-refractivity contribution in [1.29, 1.82) is 5.26 Å². The van der Waals surface area contributed by atoms with Crippen molar-refractivity contribution in [2.75, 3.05) is 0 Å². The predicted molar refractivity (Wildman–Crippen MR) is 70.6 cm³/mol. The Morgan fingerprint density at radius 2 is 2.28 bits per heavy atom. The highest BCUT2D eigenvalue weighted by atomic mass is 35.5. The van der Waals surface area contributed by atoms with Gasteiger partial charge >= 0.3 is 0 Å². The van der Waals surface area contributed by atoms with Crippen LogP contribution in [0.5, 0.6) is 0 Å². The van der Waals surface area contributed by atoms with Crippen molar-refractivity contribution in [2.45, 2.75) is 13.3 Å². The van der Waals surface area contributed by atoms with Gasteiger partial charge in [0.1, 0.15) is 22.6 Å². The van der Waals surface area contributed by atoms with Crippen molar-refractivity contribution in [2.24, 2.45) is 0 Å². The van der Waals surface area contributed by atoms with Gasteiger partial charge in [-0.3, -0.25) is 4.98 Å². The number of nitrogens with zero attached hydrogens (tertiary/aromatic N) is 2. The molecule has 0 spiro atoms. The fourth-order valence-corrected chi connectivity index (χ4v) is 1.81. The topological polar surface area (TPSA) is 49.8 Å². The molecule has 2 rings (SSSR count). The van der Waals surface area contributed by atoms with E-state index in [0.29, 0.717) is 21.9 Å². The van der Waals surface area contributed by atoms with Gasteiger partial charge in [0.2, 0.25) is 0 Å². The molecule has 90 valence electrons. The first kappa shape index (κ1) is 12.4. The van der Waals surface area contributed by atoms with E-state index in [1.165, 1.54) is 0 Å². The van der Waals surface area contributed by atoms with E-state index in [4.69, 9.17) is 16.0 Å². The molecule has 0 saturated heterocycles. The molecule has 18 heavy (non-hydrogen) atoms. The number of nitriles is 1. The lowest BCUT2D eigenvalue weighted by Crippen LogP contribution is -1.85. The molecule has 0 aliphatic carbocycles. The highest BCUT2D eigenvalue weighted by Gasteiger charge is 2.12. The maximum absolute atomic E-state index is 9.21. The Labute approximate surface area is 110 Å². The molecular formula is C14H11ClN2O. The van der Waals surface area contributed by atoms with E-state index in [1.54, 1.807) is 30.6 Å². The van der Waals surface area contributed by atoms with Gasteiger partial charge in [0, 0.05) is 24.4 Å². The number of halogens is 1. The zero-order valence-electron chi connectivity index (χ0n) is 9.85. The number of aryl methyl sites for hydroxylation is 1. The van der Waals surface area contributed by atoms with Gasteiger partial charge in [-0.1, -0.05) is 24.6 Å². The number of aromatic nitrogens is 1. The molecule has 0 aliphatic rings. The van der Waals surface area contributed by atoms with Crippen LogP contribution in [-0.2, 0) is 6.42 Å². The van der Waals surface area contributed by atoms with Gasteiger partial charge in [-0.25, -0.2) is 0 Å². The molecule has 4 heteroatoms. The first-order valence-electron chi connectivity index (χ1n) is 5.55. The number of furan rings is 1. The van der Waals surface area contributed by atoms with E-state index in [0.717, 1.165) is 12.2 Å². The van der Waals surface area contributed by atoms with Crippen molar-refractivity contribution >= 4 is 22.2 Å². The zero-order chi connectivity index (χ0) is 13.0. The largest absolute Gasteiger partial charge is 0.460 e. The van der Waals surface area contributed by atoms with Crippen LogP contribution in [0.15, 0.2) is 41.1 Å². The average Bonchev–Trinajstić information content (AvgIpc) is 2.89. The Morgan fingerprint density at radius 1 is 1.44 bits per heavy atom. The number of allylic oxidation sites excluding steroid dienone is 1. The summed E-state index contributed by atoms with van der Waals surface area (Å²) in [6.45, 7) is 1.99. The molecule has 3 nitrogen and oxygen atoms in total. The van der Waals surface area contributed by atoms with Crippen molar-refractivity contribution in [3.05, 3.63) is 53.7 Å². The van der Waals surface area contributed by atoms with E-state index < -0.39 is 0 Å². The minimum Gasteiger partial charge on any atom is -0.460 e. The van der Waals surface area contributed by atoms with Crippen LogP contribution in [0.2, 0.25) is 0 Å². The SMILES string of the molecule is CCc1ccc(/C(Cl)=C(/C#N)c2cccnc2)o1. The van der Waals surface area contributed by atoms with Crippen molar-refractivity contribution in [3.63, 3.8) is 0 Å². The molecule has 0 amide bonds. The maximum atomic E-state index is 9.21. The average molecular weight is 259 g/mol. The van der Waals surface area contributed by atoms with E-state index >= 15 is 0 Å². The van der Waals surface area contributed by atoms with Gasteiger partial charge in [-0.2, -0.15) is 5.26 Å². The highest BCUT2D eigenvalue weighted by molar-refractivity contribution is 6.53. The molecule has 0 N–H and O–H groups in total. The second kappa shape index (κ2) is 5.52. The maximum Gasteiger partial charge on any atom is 0.147 e. The first-order chi connectivity index (χ1) is 8.76. The van der Waals surface area contributed by atoms with E-state index in [1.807, 2.05) is 13.0 Å². The minimum atomic E-state index is 0.310. The Morgan fingerprint density at radius 3 is 2.83 bits per heavy atom. The van der Waals surface area contributed by atoms with Crippen LogP contribution < -0.4 is 0 Å². The summed E-state index contributed by atoms with van der Waals surface area (Å²) in [5.74, 6) is 1.35. The molecule has 0 fully saturated rings. The summed E-state index contributed by atoms with van der Waals surface area (Å²) in [6.07, 6.45) is 4.04. The molecule has 0 saturated carbocycles. The van der Waals surface area contributed by atoms with Crippen molar-refractivity contribution in [1.82, 2.24) is 4.98 Å². The molecule has 2 aromatic heterocycles. The molecule has 0 aliphatic heterocycles. The third-order valence-corrected chi connectivity index (χ3v) is 2.88. The molecule has 2 heterocycles. The Hall–Kier alpha value is -2.05. The minimum absolute atomic E-state index is 0.310. The summed E-state index contributed by atoms with van der Waals surface area (Å²) in [4.78, 5) is 3.98. The summed E-state index contributed by atoms with van der Waals surface area (Å²) in [6, 6.07) is 9.27. The van der Waals surface area contributed by atoms with Gasteiger partial charge in [0.05, 0.1) is 5.57 Å². The molecular weight excluding hydrogens is 248 g/mol. The summed E-state index contributed by atoms with van der Waals surface area (Å²) in [5.41, 5.74) is 1.04. The smallest absolute Gasteiger partial charge is 0.147 e. The van der Waals surface area contributed by atoms with Crippen LogP contribution in [0, 0.1) is 11.3 Å². The second-order valence-corrected chi connectivity index (χ2v) is 4.04. The summed E-state index contributed by atoms with van der Waals surface area (Å²) < 4.78 is 5.54. The molecule has 0 radical (unpaired) electrons. The lowest BCUT2D eigenvalue weighted by Gasteiger charge is -2.01. The lowest BCUT2D eigenvalue weighted by molar-refractivity contribution is 0.506. The third kappa shape index (κ3) is 2.44. The molecule has 2 aromatic rings. The van der Waals surface area contributed by atoms with Gasteiger partial charge in [0.25, 0.3) is 0 Å². The second-order valence-electron chi connectivity index (χ2n) is 3.66. The fourth-order valence-electron chi connectivity index (χ4n) is 1.56. The van der Waals surface area contributed by atoms with Gasteiger partial charge in [0.15, 0.2) is 0 Å². The normalized spacial score (nSPS) is 11.8. The fraction of sp³-hybridized carbons (Fsp3) is 0.143. The zero-order valence-corrected chi connectivity index (χ0v) is 10.6. The molecule has 0 bridgehead atoms. The first-order valence-corrected chi connectivity index (χ1v) is 5.93. The summed E-state index contributed by atoms with van der Waals surface area (Å²) in [5, 5.41) is 9.52. The molecule has 0 aromatic carbocycles. The predicted octanol–water partition coefficient (Wildman–Crippen LogP) is 3.87. The standard InChI is InChI=1S/C14H11ClN2O/c1-2-11-5-6-13(18-11)14(15)12(8-16)10-4-3-7-17-9-10/h3-7,9H,2H2,1H3/b14-12+. The summed E-state index contributed by atoms with van der Waals surface area (Å²) >= 11 is 6.21. The summed E-state index contributed by atoms with van der Waals surface area (Å²) in [7, 11) is 0. The van der Waals surface area contributed by atoms with Crippen LogP contribution >= 0.6 is 11.6 Å². The number of pyridine rings is 1. The van der Waals surface area contributed by atoms with Crippen LogP contribution in [0.3, 0.4) is 0 Å². The van der Waals surface area contributed by atoms with Gasteiger partial charge in [-0.15, -0.1) is 0 Å². The Bertz CT molecular complexity index is 608. The van der Waals surface area contributed by atoms with Gasteiger partial charge < -0.3 is 4.42 Å². The molecule has 0 unspecified atom stereocenters. The quantitative estimate of drug-likeness (QED) is 0.786. The number of hydrogen-bond donors (Lipinski definition) is 0. The van der Waals surface area contributed by atoms with Crippen molar-refractivity contribution < 1.29 is 4.42 Å². The van der Waals surface area contributed by atoms with E-state index in [2.05, 4.69) is 11.1 Å². The molecule has 0 atom stereocenters. The lowest BCUT2D eigenvalue weighted by atomic mass is 10.1. The third-order valence-electron chi connectivity index (χ3n) is 2.51. The Balaban J connectivity index is 2.47. The van der Waals surface area contributed by atoms with Crippen LogP contribution in [0.4, 0.5) is 0 Å². The van der Waals surface area contributed by atoms with Crippen LogP contribution in [0.25, 0.3) is 10.6 Å². The van der Waals surface area contributed by atoms with E-state index in [9.17, 15) is 5.26 Å². The van der Waals surface area contributed by atoms with E-state index in [-0.39, 0.29) is 0 Å². The van der Waals surface area contributed by atoms with Crippen molar-refractivity contribution in [3.8, 4) is 6.07 Å². The van der Waals surface area contributed by atoms with Crippen LogP contribution in [0.1, 0.15) is 24.0 Å².